The standard InChI is InChI=1S/C61H67ClF2N10O12/c1-2-42-46(63)13-8-36-25-40(75)26-43(51(36)42)54-52(64)55-44(28-66-54)59(74-29-37-9-10-38(30-74)67-37)72-60(70-55)85-31-39-5-3-15-73(39)16-4-17-78-19-20-79-21-22-80-23-24-81-34-50(77)65-14-18-82-41-11-6-35(7-12-41)53-45(62)27-47-58(69-53)71-61(68-47)86-49-33-84-56-48(76)32-83-57(49)56/h1,6-8,11-13,25-28,37-39,48-49,56-57,67,75-76H,3-5,9-10,14-24,29-34H2,(H,65,77)(H,68,69,71)/t37?,38?,39-,48+,49+,56+,57+/m0/s1. The zero-order valence-electron chi connectivity index (χ0n) is 47.2. The summed E-state index contributed by atoms with van der Waals surface area (Å²) in [4.78, 5) is 43.2. The van der Waals surface area contributed by atoms with Gasteiger partial charge >= 0.3 is 6.01 Å². The fraction of sp³-hybridized carbons (Fsp3) is 0.475. The predicted octanol–water partition coefficient (Wildman–Crippen LogP) is 5.74. The molecular weight excluding hydrogens is 1140 g/mol. The first kappa shape index (κ1) is 59.2. The van der Waals surface area contributed by atoms with Crippen LogP contribution in [0.15, 0.2) is 60.8 Å². The van der Waals surface area contributed by atoms with E-state index in [0.717, 1.165) is 50.8 Å². The van der Waals surface area contributed by atoms with Crippen LogP contribution in [0.3, 0.4) is 0 Å². The highest BCUT2D eigenvalue weighted by Crippen LogP contribution is 2.40. The van der Waals surface area contributed by atoms with E-state index in [0.29, 0.717) is 104 Å². The number of nitrogens with zero attached hydrogens (tertiary/aromatic N) is 7. The van der Waals surface area contributed by atoms with Gasteiger partial charge in [-0.1, -0.05) is 23.6 Å². The number of hydrogen-bond acceptors (Lipinski definition) is 20. The molecule has 5 saturated heterocycles. The van der Waals surface area contributed by atoms with Crippen LogP contribution in [-0.2, 0) is 33.2 Å². The van der Waals surface area contributed by atoms with Gasteiger partial charge in [-0.05, 0) is 92.6 Å². The van der Waals surface area contributed by atoms with E-state index in [9.17, 15) is 15.0 Å². The molecule has 12 rings (SSSR count). The van der Waals surface area contributed by atoms with E-state index in [1.54, 1.807) is 18.2 Å². The minimum atomic E-state index is -0.758. The third-order valence-electron chi connectivity index (χ3n) is 16.1. The van der Waals surface area contributed by atoms with Crippen molar-refractivity contribution >= 4 is 56.2 Å². The molecule has 0 saturated carbocycles. The van der Waals surface area contributed by atoms with E-state index in [2.05, 4.69) is 51.3 Å². The second-order valence-corrected chi connectivity index (χ2v) is 22.3. The van der Waals surface area contributed by atoms with Gasteiger partial charge in [-0.15, -0.1) is 6.42 Å². The van der Waals surface area contributed by atoms with Crippen LogP contribution < -0.4 is 29.7 Å². The van der Waals surface area contributed by atoms with Gasteiger partial charge in [-0.3, -0.25) is 14.7 Å². The number of halogens is 3. The van der Waals surface area contributed by atoms with Gasteiger partial charge in [0.15, 0.2) is 17.6 Å². The Labute approximate surface area is 499 Å². The minimum Gasteiger partial charge on any atom is -0.508 e. The Kier molecular flexibility index (Phi) is 18.8. The third-order valence-corrected chi connectivity index (χ3v) is 16.4. The first-order chi connectivity index (χ1) is 42.0. The predicted molar refractivity (Wildman–Crippen MR) is 313 cm³/mol. The lowest BCUT2D eigenvalue weighted by atomic mass is 9.96. The molecule has 4 aromatic heterocycles. The number of piperazine rings is 1. The molecule has 0 radical (unpaired) electrons. The SMILES string of the molecule is C#Cc1c(F)ccc2cc(O)cc(-c3ncc4c(N5CC6CCC(C5)N6)nc(OC[C@@H]5CCCN5CCCOCCOCCOCCOCC(=O)NCCOc5ccc(-c6nc7nc(O[C@@H]8CO[C@H]9[C@@H]8OC[C@H]9O)[nH]c7cc6Cl)cc5)nc4c3F)c12. The molecule has 3 aromatic carbocycles. The average molecular weight is 1210 g/mol. The molecule has 2 bridgehead atoms. The third kappa shape index (κ3) is 13.5. The van der Waals surface area contributed by atoms with Crippen LogP contribution in [0.5, 0.6) is 23.5 Å². The molecule has 22 nitrogen and oxygen atoms in total. The summed E-state index contributed by atoms with van der Waals surface area (Å²) < 4.78 is 84.1. The number of phenolic OH excluding ortho intramolecular Hbond substituents is 1. The highest BCUT2D eigenvalue weighted by atomic mass is 35.5. The molecule has 25 heteroatoms. The van der Waals surface area contributed by atoms with Crippen molar-refractivity contribution in [2.45, 2.75) is 74.6 Å². The number of terminal acetylenes is 1. The van der Waals surface area contributed by atoms with Gasteiger partial charge in [0.25, 0.3) is 6.01 Å². The number of fused-ring (bicyclic) bond motifs is 6. The molecule has 454 valence electrons. The van der Waals surface area contributed by atoms with E-state index in [1.807, 2.05) is 12.1 Å². The minimum absolute atomic E-state index is 0.00624. The number of rotatable bonds is 27. The second-order valence-electron chi connectivity index (χ2n) is 21.9. The largest absolute Gasteiger partial charge is 0.508 e. The molecule has 7 atom stereocenters. The molecule has 5 aliphatic heterocycles. The van der Waals surface area contributed by atoms with E-state index < -0.39 is 29.9 Å². The fourth-order valence-electron chi connectivity index (χ4n) is 11.9. The molecule has 7 aromatic rings. The van der Waals surface area contributed by atoms with E-state index in [1.165, 1.54) is 30.5 Å². The Bertz CT molecular complexity index is 3570. The molecule has 9 heterocycles. The molecular formula is C61H67ClF2N10O12. The summed E-state index contributed by atoms with van der Waals surface area (Å²) in [6.45, 7) is 7.01. The monoisotopic (exact) mass is 1200 g/mol. The lowest BCUT2D eigenvalue weighted by Crippen LogP contribution is -2.51. The number of benzene rings is 3. The molecule has 1 amide bonds. The van der Waals surface area contributed by atoms with Crippen LogP contribution >= 0.6 is 11.6 Å². The first-order valence-corrected chi connectivity index (χ1v) is 29.5. The maximum absolute atomic E-state index is 17.1. The summed E-state index contributed by atoms with van der Waals surface area (Å²) in [5.41, 5.74) is 2.29. The fourth-order valence-corrected chi connectivity index (χ4v) is 12.2. The molecule has 0 spiro atoms. The number of imidazole rings is 1. The molecule has 5 aliphatic rings. The number of aromatic amines is 1. The topological polar surface area (TPSA) is 251 Å². The van der Waals surface area contributed by atoms with E-state index in [-0.39, 0.29) is 115 Å². The molecule has 86 heavy (non-hydrogen) atoms. The quantitative estimate of drug-likeness (QED) is 0.0304. The summed E-state index contributed by atoms with van der Waals surface area (Å²) in [7, 11) is 0. The maximum Gasteiger partial charge on any atom is 0.319 e. The number of ether oxygens (including phenoxy) is 9. The average Bonchev–Trinajstić information content (AvgIpc) is 2.51. The summed E-state index contributed by atoms with van der Waals surface area (Å²) in [5, 5.41) is 28.7. The number of carbonyl (C=O) groups excluding carboxylic acids is 1. The number of hydrogen-bond donors (Lipinski definition) is 5. The summed E-state index contributed by atoms with van der Waals surface area (Å²) in [6.07, 6.45) is 10.2. The number of H-pyrrole nitrogens is 1. The number of aliphatic hydroxyl groups is 1. The summed E-state index contributed by atoms with van der Waals surface area (Å²) in [6, 6.07) is 15.5. The number of anilines is 1. The second kappa shape index (κ2) is 27.3. The van der Waals surface area contributed by atoms with Crippen molar-refractivity contribution in [1.82, 2.24) is 45.4 Å². The van der Waals surface area contributed by atoms with Crippen molar-refractivity contribution in [2.24, 2.45) is 0 Å². The van der Waals surface area contributed by atoms with Crippen LogP contribution in [0.2, 0.25) is 5.02 Å². The van der Waals surface area contributed by atoms with E-state index in [4.69, 9.17) is 65.6 Å². The van der Waals surface area contributed by atoms with Gasteiger partial charge in [-0.25, -0.2) is 13.8 Å². The number of phenols is 1. The number of nitrogens with one attached hydrogen (secondary N) is 3. The number of carbonyl (C=O) groups is 1. The Morgan fingerprint density at radius 2 is 1.63 bits per heavy atom. The maximum atomic E-state index is 17.1. The molecule has 5 fully saturated rings. The summed E-state index contributed by atoms with van der Waals surface area (Å²) in [5.74, 6) is 1.72. The molecule has 5 N–H and O–H groups in total. The van der Waals surface area contributed by atoms with Crippen LogP contribution in [-0.4, -0.2) is 205 Å². The van der Waals surface area contributed by atoms with Crippen LogP contribution in [0, 0.1) is 24.0 Å². The number of aromatic hydroxyl groups is 1. The lowest BCUT2D eigenvalue weighted by Gasteiger charge is -2.34. The Balaban J connectivity index is 0.514. The Morgan fingerprint density at radius 1 is 0.860 bits per heavy atom. The first-order valence-electron chi connectivity index (χ1n) is 29.1. The van der Waals surface area contributed by atoms with Gasteiger partial charge in [0.1, 0.15) is 72.5 Å². The smallest absolute Gasteiger partial charge is 0.319 e. The zero-order chi connectivity index (χ0) is 59.1. The zero-order valence-corrected chi connectivity index (χ0v) is 47.9. The van der Waals surface area contributed by atoms with Crippen molar-refractivity contribution in [2.75, 3.05) is 117 Å². The molecule has 2 unspecified atom stereocenters. The molecule has 0 aliphatic carbocycles. The van der Waals surface area contributed by atoms with Gasteiger partial charge in [0, 0.05) is 67.1 Å². The lowest BCUT2D eigenvalue weighted by molar-refractivity contribution is -0.126. The van der Waals surface area contributed by atoms with Crippen molar-refractivity contribution in [3.63, 3.8) is 0 Å². The van der Waals surface area contributed by atoms with Crippen molar-refractivity contribution < 1.29 is 66.4 Å². The van der Waals surface area contributed by atoms with Gasteiger partial charge < -0.3 is 73.4 Å². The van der Waals surface area contributed by atoms with Gasteiger partial charge in [0.05, 0.1) is 86.6 Å². The number of amides is 1. The number of pyridine rings is 2. The Hall–Kier alpha value is -7.15. The van der Waals surface area contributed by atoms with Crippen LogP contribution in [0.1, 0.15) is 37.7 Å². The van der Waals surface area contributed by atoms with Gasteiger partial charge in [-0.2, -0.15) is 15.0 Å². The highest BCUT2D eigenvalue weighted by molar-refractivity contribution is 6.33. The van der Waals surface area contributed by atoms with Crippen molar-refractivity contribution in [1.29, 1.82) is 0 Å². The van der Waals surface area contributed by atoms with E-state index >= 15 is 8.78 Å². The normalized spacial score (nSPS) is 21.8. The summed E-state index contributed by atoms with van der Waals surface area (Å²) >= 11 is 6.62. The number of aromatic nitrogens is 6. The number of likely N-dealkylation sites (tertiary alicyclic amines) is 1. The number of aliphatic hydroxyl groups excluding tert-OH is 1. The Morgan fingerprint density at radius 3 is 2.42 bits per heavy atom. The van der Waals surface area contributed by atoms with Crippen LogP contribution in [0.4, 0.5) is 14.6 Å². The van der Waals surface area contributed by atoms with Gasteiger partial charge in [0.2, 0.25) is 5.91 Å². The van der Waals surface area contributed by atoms with Crippen LogP contribution in [0.25, 0.3) is 55.4 Å². The van der Waals surface area contributed by atoms with Crippen molar-refractivity contribution in [3.8, 4) is 58.4 Å². The van der Waals surface area contributed by atoms with Crippen molar-refractivity contribution in [3.05, 3.63) is 83.0 Å². The highest BCUT2D eigenvalue weighted by Gasteiger charge is 2.49.